The van der Waals surface area contributed by atoms with Crippen molar-refractivity contribution in [1.29, 1.82) is 0 Å². The van der Waals surface area contributed by atoms with Crippen molar-refractivity contribution >= 4 is 11.7 Å². The summed E-state index contributed by atoms with van der Waals surface area (Å²) in [6, 6.07) is 9.96. The Kier molecular flexibility index (Phi) is 5.81. The van der Waals surface area contributed by atoms with Crippen LogP contribution in [0, 0.1) is 0 Å². The molecule has 1 saturated carbocycles. The van der Waals surface area contributed by atoms with Crippen molar-refractivity contribution < 1.29 is 14.6 Å². The fourth-order valence-corrected chi connectivity index (χ4v) is 5.03. The number of hydrogen-bond acceptors (Lipinski definition) is 5. The van der Waals surface area contributed by atoms with Crippen LogP contribution in [0.4, 0.5) is 5.82 Å². The van der Waals surface area contributed by atoms with Crippen LogP contribution >= 0.6 is 0 Å². The van der Waals surface area contributed by atoms with Crippen molar-refractivity contribution in [3.05, 3.63) is 53.2 Å². The lowest BCUT2D eigenvalue weighted by Crippen LogP contribution is -2.35. The molecule has 1 aromatic heterocycles. The first-order valence-corrected chi connectivity index (χ1v) is 11.6. The van der Waals surface area contributed by atoms with Crippen LogP contribution in [0.5, 0.6) is 5.75 Å². The Balaban J connectivity index is 1.28. The van der Waals surface area contributed by atoms with Crippen molar-refractivity contribution in [2.45, 2.75) is 70.2 Å². The number of nitrogens with zero attached hydrogens (tertiary/aromatic N) is 3. The van der Waals surface area contributed by atoms with E-state index in [1.165, 1.54) is 19.3 Å². The van der Waals surface area contributed by atoms with Crippen molar-refractivity contribution in [1.82, 2.24) is 9.88 Å². The second-order valence-corrected chi connectivity index (χ2v) is 9.03. The van der Waals surface area contributed by atoms with Crippen LogP contribution in [0.3, 0.4) is 0 Å². The van der Waals surface area contributed by atoms with Gasteiger partial charge in [0.2, 0.25) is 0 Å². The number of piperidine rings is 1. The molecule has 3 aliphatic rings. The summed E-state index contributed by atoms with van der Waals surface area (Å²) in [5, 5.41) is 10.3. The highest BCUT2D eigenvalue weighted by Gasteiger charge is 2.33. The minimum absolute atomic E-state index is 0.00370. The van der Waals surface area contributed by atoms with E-state index < -0.39 is 6.10 Å². The van der Waals surface area contributed by atoms with E-state index in [-0.39, 0.29) is 12.0 Å². The maximum Gasteiger partial charge on any atom is 0.258 e. The minimum Gasteiger partial charge on any atom is -0.487 e. The van der Waals surface area contributed by atoms with Crippen LogP contribution in [0.15, 0.2) is 36.5 Å². The monoisotopic (exact) mass is 421 g/mol. The second kappa shape index (κ2) is 8.87. The van der Waals surface area contributed by atoms with Gasteiger partial charge in [0.25, 0.3) is 5.91 Å². The Morgan fingerprint density at radius 2 is 1.87 bits per heavy atom. The molecule has 0 bridgehead atoms. The number of aromatic nitrogens is 1. The summed E-state index contributed by atoms with van der Waals surface area (Å²) in [5.74, 6) is 1.63. The molecule has 1 aliphatic carbocycles. The van der Waals surface area contributed by atoms with E-state index in [0.717, 1.165) is 55.7 Å². The molecule has 164 valence electrons. The average Bonchev–Trinajstić information content (AvgIpc) is 3.12. The predicted octanol–water partition coefficient (Wildman–Crippen LogP) is 3.91. The molecule has 2 atom stereocenters. The Morgan fingerprint density at radius 3 is 2.65 bits per heavy atom. The van der Waals surface area contributed by atoms with E-state index in [1.807, 2.05) is 29.3 Å². The third-order valence-electron chi connectivity index (χ3n) is 6.78. The zero-order valence-electron chi connectivity index (χ0n) is 18.0. The van der Waals surface area contributed by atoms with Crippen LogP contribution in [0.1, 0.15) is 66.4 Å². The van der Waals surface area contributed by atoms with Gasteiger partial charge in [0.1, 0.15) is 17.7 Å². The van der Waals surface area contributed by atoms with Gasteiger partial charge in [-0.15, -0.1) is 0 Å². The topological polar surface area (TPSA) is 65.9 Å². The molecule has 2 fully saturated rings. The quantitative estimate of drug-likeness (QED) is 0.793. The molecular weight excluding hydrogens is 390 g/mol. The van der Waals surface area contributed by atoms with Crippen molar-refractivity contribution in [3.8, 4) is 5.75 Å². The summed E-state index contributed by atoms with van der Waals surface area (Å²) < 4.78 is 6.15. The number of pyridine rings is 1. The van der Waals surface area contributed by atoms with E-state index in [1.54, 1.807) is 0 Å². The number of benzene rings is 1. The van der Waals surface area contributed by atoms with Gasteiger partial charge in [0.05, 0.1) is 11.7 Å². The molecule has 1 unspecified atom stereocenters. The number of rotatable bonds is 5. The van der Waals surface area contributed by atoms with Crippen LogP contribution in [-0.4, -0.2) is 46.2 Å². The number of carbonyl (C=O) groups is 1. The van der Waals surface area contributed by atoms with E-state index in [4.69, 9.17) is 4.74 Å². The number of aliphatic hydroxyl groups excluding tert-OH is 1. The van der Waals surface area contributed by atoms with Crippen molar-refractivity contribution in [2.75, 3.05) is 18.0 Å². The molecule has 0 spiro atoms. The van der Waals surface area contributed by atoms with Gasteiger partial charge in [0.15, 0.2) is 0 Å². The van der Waals surface area contributed by atoms with Gasteiger partial charge < -0.3 is 19.6 Å². The molecule has 1 N–H and O–H groups in total. The summed E-state index contributed by atoms with van der Waals surface area (Å²) in [6.07, 6.45) is 8.65. The molecule has 3 heterocycles. The van der Waals surface area contributed by atoms with Gasteiger partial charge in [-0.25, -0.2) is 4.98 Å². The number of anilines is 1. The summed E-state index contributed by atoms with van der Waals surface area (Å²) >= 11 is 0. The van der Waals surface area contributed by atoms with Gasteiger partial charge in [0, 0.05) is 32.4 Å². The summed E-state index contributed by atoms with van der Waals surface area (Å²) in [5.41, 5.74) is 2.68. The van der Waals surface area contributed by atoms with Crippen molar-refractivity contribution in [2.24, 2.45) is 0 Å². The molecule has 0 radical (unpaired) electrons. The summed E-state index contributed by atoms with van der Waals surface area (Å²) in [6.45, 7) is 3.26. The van der Waals surface area contributed by atoms with Crippen LogP contribution in [-0.2, 0) is 13.1 Å². The third-order valence-corrected chi connectivity index (χ3v) is 6.78. The smallest absolute Gasteiger partial charge is 0.258 e. The summed E-state index contributed by atoms with van der Waals surface area (Å²) in [7, 11) is 0. The zero-order chi connectivity index (χ0) is 21.2. The highest BCUT2D eigenvalue weighted by Crippen LogP contribution is 2.34. The van der Waals surface area contributed by atoms with Crippen LogP contribution in [0.2, 0.25) is 0 Å². The first-order valence-electron chi connectivity index (χ1n) is 11.6. The van der Waals surface area contributed by atoms with E-state index in [0.29, 0.717) is 24.4 Å². The van der Waals surface area contributed by atoms with Gasteiger partial charge in [-0.1, -0.05) is 24.6 Å². The standard InChI is InChI=1S/C25H31N3O3/c29-20-8-2-3-9-21(20)31-22-10-6-7-19-17-28(25(30)24(19)22)16-18-11-12-23(26-15-18)27-13-4-1-5-14-27/h6-7,10-12,15,20-21,29H,1-5,8-9,13-14,16-17H2/t20-,21?/m0/s1. The SMILES string of the molecule is O=C1c2c(cccc2OC2CCCC[C@@H]2O)CN1Cc1ccc(N2CCCCC2)nc1. The maximum atomic E-state index is 13.2. The molecule has 1 amide bonds. The highest BCUT2D eigenvalue weighted by molar-refractivity contribution is 6.01. The molecule has 5 rings (SSSR count). The van der Waals surface area contributed by atoms with Gasteiger partial charge in [-0.3, -0.25) is 4.79 Å². The second-order valence-electron chi connectivity index (χ2n) is 9.03. The lowest BCUT2D eigenvalue weighted by Gasteiger charge is -2.28. The number of ether oxygens (including phenoxy) is 1. The lowest BCUT2D eigenvalue weighted by atomic mass is 9.94. The Morgan fingerprint density at radius 1 is 1.03 bits per heavy atom. The third kappa shape index (κ3) is 4.26. The molecule has 6 heteroatoms. The predicted molar refractivity (Wildman–Crippen MR) is 119 cm³/mol. The van der Waals surface area contributed by atoms with E-state index >= 15 is 0 Å². The van der Waals surface area contributed by atoms with Crippen LogP contribution in [0.25, 0.3) is 0 Å². The minimum atomic E-state index is -0.457. The van der Waals surface area contributed by atoms with Gasteiger partial charge in [-0.2, -0.15) is 0 Å². The Labute approximate surface area is 183 Å². The Bertz CT molecular complexity index is 924. The number of aliphatic hydroxyl groups is 1. The molecule has 31 heavy (non-hydrogen) atoms. The average molecular weight is 422 g/mol. The normalized spacial score (nSPS) is 23.7. The molecule has 2 aromatic rings. The lowest BCUT2D eigenvalue weighted by molar-refractivity contribution is 0.00636. The first-order chi connectivity index (χ1) is 15.2. The summed E-state index contributed by atoms with van der Waals surface area (Å²) in [4.78, 5) is 22.1. The highest BCUT2D eigenvalue weighted by atomic mass is 16.5. The number of fused-ring (bicyclic) bond motifs is 1. The fraction of sp³-hybridized carbons (Fsp3) is 0.520. The van der Waals surface area contributed by atoms with Crippen LogP contribution < -0.4 is 9.64 Å². The number of carbonyl (C=O) groups excluding carboxylic acids is 1. The van der Waals surface area contributed by atoms with E-state index in [2.05, 4.69) is 22.0 Å². The van der Waals surface area contributed by atoms with Crippen molar-refractivity contribution in [3.63, 3.8) is 0 Å². The number of hydrogen-bond donors (Lipinski definition) is 1. The van der Waals surface area contributed by atoms with Gasteiger partial charge >= 0.3 is 0 Å². The fourth-order valence-electron chi connectivity index (χ4n) is 5.03. The largest absolute Gasteiger partial charge is 0.487 e. The molecule has 1 saturated heterocycles. The molecule has 6 nitrogen and oxygen atoms in total. The zero-order valence-corrected chi connectivity index (χ0v) is 18.0. The number of amides is 1. The molecule has 2 aliphatic heterocycles. The van der Waals surface area contributed by atoms with E-state index in [9.17, 15) is 9.90 Å². The molecular formula is C25H31N3O3. The first kappa shape index (κ1) is 20.3. The molecule has 1 aromatic carbocycles. The maximum absolute atomic E-state index is 13.2. The van der Waals surface area contributed by atoms with Gasteiger partial charge in [-0.05, 0) is 61.8 Å². The Hall–Kier alpha value is -2.60.